The summed E-state index contributed by atoms with van der Waals surface area (Å²) in [7, 11) is 0. The maximum Gasteiger partial charge on any atom is 0.0591 e. The fraction of sp³-hybridized carbons (Fsp3) is 0.727. The van der Waals surface area contributed by atoms with Gasteiger partial charge in [-0.3, -0.25) is 0 Å². The van der Waals surface area contributed by atoms with Gasteiger partial charge in [0.1, 0.15) is 0 Å². The maximum atomic E-state index is 9.80. The smallest absolute Gasteiger partial charge is 0.0591 e. The van der Waals surface area contributed by atoms with Gasteiger partial charge in [0.15, 0.2) is 0 Å². The molecule has 1 unspecified atom stereocenters. The molecule has 0 aliphatic carbocycles. The Morgan fingerprint density at radius 3 is 2.48 bits per heavy atom. The second-order valence-electron chi connectivity index (χ2n) is 8.53. The fourth-order valence-electron chi connectivity index (χ4n) is 3.82. The van der Waals surface area contributed by atoms with Gasteiger partial charge in [0.25, 0.3) is 0 Å². The van der Waals surface area contributed by atoms with Gasteiger partial charge in [0.2, 0.25) is 0 Å². The minimum atomic E-state index is -0.525. The van der Waals surface area contributed by atoms with Crippen LogP contribution in [0, 0.1) is 5.92 Å². The Bertz CT molecular complexity index is 475. The zero-order valence-corrected chi connectivity index (χ0v) is 16.4. The SMILES string of the molecule is CC(CCCC(C)(C)O)CCNCC1(c2ccccc2)CCOCC1. The number of rotatable bonds is 10. The molecule has 1 aliphatic heterocycles. The van der Waals surface area contributed by atoms with E-state index in [1.807, 2.05) is 13.8 Å². The molecule has 1 atom stereocenters. The first-order chi connectivity index (χ1) is 11.9. The maximum absolute atomic E-state index is 9.80. The highest BCUT2D eigenvalue weighted by Crippen LogP contribution is 2.34. The van der Waals surface area contributed by atoms with Crippen molar-refractivity contribution in [2.45, 2.75) is 70.3 Å². The van der Waals surface area contributed by atoms with Crippen molar-refractivity contribution in [3.63, 3.8) is 0 Å². The van der Waals surface area contributed by atoms with Crippen molar-refractivity contribution >= 4 is 0 Å². The van der Waals surface area contributed by atoms with Crippen LogP contribution in [0.25, 0.3) is 0 Å². The molecule has 0 bridgehead atoms. The van der Waals surface area contributed by atoms with E-state index in [1.54, 1.807) is 0 Å². The van der Waals surface area contributed by atoms with Crippen molar-refractivity contribution in [1.82, 2.24) is 5.32 Å². The van der Waals surface area contributed by atoms with Crippen molar-refractivity contribution in [3.8, 4) is 0 Å². The molecule has 25 heavy (non-hydrogen) atoms. The first kappa shape index (κ1) is 20.4. The summed E-state index contributed by atoms with van der Waals surface area (Å²) >= 11 is 0. The third-order valence-electron chi connectivity index (χ3n) is 5.60. The summed E-state index contributed by atoms with van der Waals surface area (Å²) in [5, 5.41) is 13.5. The van der Waals surface area contributed by atoms with Gasteiger partial charge in [-0.25, -0.2) is 0 Å². The van der Waals surface area contributed by atoms with E-state index < -0.39 is 5.60 Å². The number of hydrogen-bond acceptors (Lipinski definition) is 3. The monoisotopic (exact) mass is 347 g/mol. The molecule has 0 saturated carbocycles. The topological polar surface area (TPSA) is 41.5 Å². The first-order valence-electron chi connectivity index (χ1n) is 9.98. The Hall–Kier alpha value is -0.900. The lowest BCUT2D eigenvalue weighted by Crippen LogP contribution is -2.43. The molecule has 0 aromatic heterocycles. The fourth-order valence-corrected chi connectivity index (χ4v) is 3.82. The van der Waals surface area contributed by atoms with Crippen molar-refractivity contribution < 1.29 is 9.84 Å². The first-order valence-corrected chi connectivity index (χ1v) is 9.98. The normalized spacial score (nSPS) is 18.9. The average Bonchev–Trinajstić information content (AvgIpc) is 2.59. The van der Waals surface area contributed by atoms with Crippen LogP contribution in [0.1, 0.15) is 64.9 Å². The Morgan fingerprint density at radius 2 is 1.84 bits per heavy atom. The minimum absolute atomic E-state index is 0.226. The van der Waals surface area contributed by atoms with E-state index in [-0.39, 0.29) is 5.41 Å². The van der Waals surface area contributed by atoms with Gasteiger partial charge in [0, 0.05) is 25.2 Å². The highest BCUT2D eigenvalue weighted by molar-refractivity contribution is 5.26. The van der Waals surface area contributed by atoms with Gasteiger partial charge in [0.05, 0.1) is 5.60 Å². The molecule has 2 rings (SSSR count). The van der Waals surface area contributed by atoms with E-state index >= 15 is 0 Å². The quantitative estimate of drug-likeness (QED) is 0.620. The molecule has 3 heteroatoms. The molecule has 1 aliphatic rings. The van der Waals surface area contributed by atoms with Crippen LogP contribution in [0.2, 0.25) is 0 Å². The summed E-state index contributed by atoms with van der Waals surface area (Å²) in [6.07, 6.45) is 6.60. The molecule has 0 radical (unpaired) electrons. The molecule has 3 nitrogen and oxygen atoms in total. The van der Waals surface area contributed by atoms with Crippen LogP contribution in [-0.4, -0.2) is 37.0 Å². The highest BCUT2D eigenvalue weighted by Gasteiger charge is 2.33. The van der Waals surface area contributed by atoms with Crippen molar-refractivity contribution in [2.24, 2.45) is 5.92 Å². The van der Waals surface area contributed by atoms with Gasteiger partial charge in [-0.1, -0.05) is 50.1 Å². The number of ether oxygens (including phenoxy) is 1. The van der Waals surface area contributed by atoms with Crippen LogP contribution in [-0.2, 0) is 10.2 Å². The number of hydrogen-bond donors (Lipinski definition) is 2. The van der Waals surface area contributed by atoms with Crippen LogP contribution in [0.4, 0.5) is 0 Å². The lowest BCUT2D eigenvalue weighted by molar-refractivity contribution is 0.0497. The lowest BCUT2D eigenvalue weighted by Gasteiger charge is -2.38. The van der Waals surface area contributed by atoms with Crippen molar-refractivity contribution in [1.29, 1.82) is 0 Å². The summed E-state index contributed by atoms with van der Waals surface area (Å²) in [5.74, 6) is 0.706. The van der Waals surface area contributed by atoms with E-state index in [0.717, 1.165) is 52.0 Å². The molecule has 1 fully saturated rings. The predicted octanol–water partition coefficient (Wildman–Crippen LogP) is 4.29. The summed E-state index contributed by atoms with van der Waals surface area (Å²) in [6.45, 7) is 9.96. The zero-order valence-electron chi connectivity index (χ0n) is 16.4. The number of benzene rings is 1. The van der Waals surface area contributed by atoms with Gasteiger partial charge < -0.3 is 15.2 Å². The largest absolute Gasteiger partial charge is 0.390 e. The molecule has 1 aromatic rings. The number of nitrogens with one attached hydrogen (secondary N) is 1. The zero-order chi connectivity index (χ0) is 18.2. The molecule has 1 saturated heterocycles. The predicted molar refractivity (Wildman–Crippen MR) is 105 cm³/mol. The standard InChI is InChI=1S/C22H37NO2/c1-19(8-7-12-21(2,3)24)11-15-23-18-22(13-16-25-17-14-22)20-9-5-4-6-10-20/h4-6,9-10,19,23-24H,7-8,11-18H2,1-3H3. The van der Waals surface area contributed by atoms with Crippen LogP contribution >= 0.6 is 0 Å². The summed E-state index contributed by atoms with van der Waals surface area (Å²) in [4.78, 5) is 0. The van der Waals surface area contributed by atoms with Crippen LogP contribution in [0.3, 0.4) is 0 Å². The number of aliphatic hydroxyl groups is 1. The molecule has 0 amide bonds. The third-order valence-corrected chi connectivity index (χ3v) is 5.60. The summed E-state index contributed by atoms with van der Waals surface area (Å²) < 4.78 is 5.61. The molecule has 1 heterocycles. The molecule has 2 N–H and O–H groups in total. The molecular weight excluding hydrogens is 310 g/mol. The summed E-state index contributed by atoms with van der Waals surface area (Å²) in [6, 6.07) is 10.9. The van der Waals surface area contributed by atoms with Gasteiger partial charge >= 0.3 is 0 Å². The minimum Gasteiger partial charge on any atom is -0.390 e. The Labute approximate surface area is 154 Å². The molecule has 0 spiro atoms. The third kappa shape index (κ3) is 7.08. The van der Waals surface area contributed by atoms with E-state index in [1.165, 1.54) is 18.4 Å². The van der Waals surface area contributed by atoms with Gasteiger partial charge in [-0.2, -0.15) is 0 Å². The van der Waals surface area contributed by atoms with Gasteiger partial charge in [-0.05, 0) is 57.6 Å². The van der Waals surface area contributed by atoms with E-state index in [9.17, 15) is 5.11 Å². The van der Waals surface area contributed by atoms with E-state index in [4.69, 9.17) is 4.74 Å². The van der Waals surface area contributed by atoms with Crippen molar-refractivity contribution in [3.05, 3.63) is 35.9 Å². The Balaban J connectivity index is 1.74. The summed E-state index contributed by atoms with van der Waals surface area (Å²) in [5.41, 5.74) is 1.15. The lowest BCUT2D eigenvalue weighted by atomic mass is 9.74. The Kier molecular flexibility index (Phi) is 7.92. The van der Waals surface area contributed by atoms with Crippen LogP contribution in [0.5, 0.6) is 0 Å². The Morgan fingerprint density at radius 1 is 1.16 bits per heavy atom. The van der Waals surface area contributed by atoms with Crippen molar-refractivity contribution in [2.75, 3.05) is 26.3 Å². The second-order valence-corrected chi connectivity index (χ2v) is 8.53. The van der Waals surface area contributed by atoms with E-state index in [2.05, 4.69) is 42.6 Å². The van der Waals surface area contributed by atoms with Gasteiger partial charge in [-0.15, -0.1) is 0 Å². The molecular formula is C22H37NO2. The molecule has 142 valence electrons. The average molecular weight is 348 g/mol. The highest BCUT2D eigenvalue weighted by atomic mass is 16.5. The van der Waals surface area contributed by atoms with Crippen LogP contribution in [0.15, 0.2) is 30.3 Å². The van der Waals surface area contributed by atoms with E-state index in [0.29, 0.717) is 5.92 Å². The molecule has 1 aromatic carbocycles. The second kappa shape index (κ2) is 9.70. The van der Waals surface area contributed by atoms with Crippen LogP contribution < -0.4 is 5.32 Å².